The summed E-state index contributed by atoms with van der Waals surface area (Å²) >= 11 is 0. The van der Waals surface area contributed by atoms with Gasteiger partial charge < -0.3 is 20.3 Å². The van der Waals surface area contributed by atoms with Crippen molar-refractivity contribution in [1.29, 1.82) is 0 Å². The number of nitrogens with one attached hydrogen (secondary N) is 1. The average Bonchev–Trinajstić information content (AvgIpc) is 2.32. The molecule has 0 aliphatic heterocycles. The van der Waals surface area contributed by atoms with Crippen LogP contribution in [0.4, 0.5) is 26.3 Å². The fourth-order valence-corrected chi connectivity index (χ4v) is 1.35. The van der Waals surface area contributed by atoms with E-state index in [2.05, 4.69) is 4.74 Å². The van der Waals surface area contributed by atoms with Gasteiger partial charge in [0.1, 0.15) is 17.1 Å². The minimum atomic E-state index is -5.17. The Morgan fingerprint density at radius 2 is 1.82 bits per heavy atom. The molecule has 1 rings (SSSR count). The van der Waals surface area contributed by atoms with Crippen LogP contribution in [0.15, 0.2) is 18.2 Å². The molecule has 0 saturated carbocycles. The van der Waals surface area contributed by atoms with Crippen molar-refractivity contribution in [3.05, 3.63) is 23.8 Å². The Bertz CT molecular complexity index is 542. The number of hydrogen-bond donors (Lipinski definition) is 3. The van der Waals surface area contributed by atoms with Gasteiger partial charge >= 0.3 is 12.5 Å². The van der Waals surface area contributed by atoms with E-state index in [1.54, 1.807) is 5.32 Å². The van der Waals surface area contributed by atoms with Gasteiger partial charge in [0.25, 0.3) is 5.91 Å². The summed E-state index contributed by atoms with van der Waals surface area (Å²) in [7, 11) is 0. The molecule has 5 nitrogen and oxygen atoms in total. The first kappa shape index (κ1) is 17.9. The molecule has 0 aliphatic carbocycles. The number of benzene rings is 1. The monoisotopic (exact) mass is 333 g/mol. The normalized spacial score (nSPS) is 13.6. The summed E-state index contributed by atoms with van der Waals surface area (Å²) in [6, 6.07) is 2.48. The number of halogens is 6. The summed E-state index contributed by atoms with van der Waals surface area (Å²) in [6.07, 6.45) is -13.1. The molecule has 0 aromatic heterocycles. The first-order chi connectivity index (χ1) is 9.92. The molecule has 3 N–H and O–H groups in total. The van der Waals surface area contributed by atoms with Crippen LogP contribution in [0.3, 0.4) is 0 Å². The van der Waals surface area contributed by atoms with E-state index in [4.69, 9.17) is 5.11 Å². The Morgan fingerprint density at radius 3 is 2.32 bits per heavy atom. The summed E-state index contributed by atoms with van der Waals surface area (Å²) in [6.45, 7) is -1.30. The van der Waals surface area contributed by atoms with Crippen LogP contribution in [0.2, 0.25) is 0 Å². The number of aliphatic hydroxyl groups excluding tert-OH is 1. The first-order valence-electron chi connectivity index (χ1n) is 5.52. The number of aliphatic hydroxyl groups is 1. The summed E-state index contributed by atoms with van der Waals surface area (Å²) in [5.41, 5.74) is -1.01. The van der Waals surface area contributed by atoms with E-state index >= 15 is 0 Å². The lowest BCUT2D eigenvalue weighted by Crippen LogP contribution is -2.40. The van der Waals surface area contributed by atoms with Crippen molar-refractivity contribution >= 4 is 5.91 Å². The Morgan fingerprint density at radius 1 is 1.23 bits per heavy atom. The lowest BCUT2D eigenvalue weighted by molar-refractivity contribution is -0.274. The van der Waals surface area contributed by atoms with Crippen molar-refractivity contribution in [2.24, 2.45) is 0 Å². The zero-order chi connectivity index (χ0) is 17.1. The van der Waals surface area contributed by atoms with E-state index in [0.717, 1.165) is 12.1 Å². The number of amides is 1. The highest BCUT2D eigenvalue weighted by Gasteiger charge is 2.39. The van der Waals surface area contributed by atoms with E-state index in [1.807, 2.05) is 0 Å². The number of aromatic hydroxyl groups is 1. The second kappa shape index (κ2) is 6.30. The SMILES string of the molecule is O=C(NC[C@H](O)C(F)(F)F)c1c(O)cccc1OC(F)(F)F. The standard InChI is InChI=1S/C11H9F6NO4/c12-10(13,14)7(20)4-18-9(21)8-5(19)2-1-3-6(8)22-11(15,16)17/h1-3,7,19-20H,4H2,(H,18,21)/t7-/m0/s1. The van der Waals surface area contributed by atoms with Crippen LogP contribution in [-0.4, -0.2) is 41.3 Å². The second-order valence-corrected chi connectivity index (χ2v) is 3.97. The van der Waals surface area contributed by atoms with Crippen molar-refractivity contribution < 1.29 is 46.1 Å². The molecule has 1 amide bonds. The van der Waals surface area contributed by atoms with E-state index in [0.29, 0.717) is 6.07 Å². The maximum absolute atomic E-state index is 12.2. The molecule has 1 atom stereocenters. The zero-order valence-corrected chi connectivity index (χ0v) is 10.5. The van der Waals surface area contributed by atoms with Crippen molar-refractivity contribution in [2.75, 3.05) is 6.54 Å². The maximum atomic E-state index is 12.2. The highest BCUT2D eigenvalue weighted by molar-refractivity contribution is 5.99. The Hall–Kier alpha value is -2.17. The van der Waals surface area contributed by atoms with Crippen LogP contribution in [0.25, 0.3) is 0 Å². The van der Waals surface area contributed by atoms with Crippen LogP contribution in [0.1, 0.15) is 10.4 Å². The Kier molecular flexibility index (Phi) is 5.12. The van der Waals surface area contributed by atoms with Gasteiger partial charge in [0.2, 0.25) is 0 Å². The van der Waals surface area contributed by atoms with Gasteiger partial charge in [-0.05, 0) is 12.1 Å². The quantitative estimate of drug-likeness (QED) is 0.736. The van der Waals surface area contributed by atoms with Gasteiger partial charge in [-0.2, -0.15) is 13.2 Å². The molecule has 0 fully saturated rings. The van der Waals surface area contributed by atoms with E-state index in [1.165, 1.54) is 0 Å². The van der Waals surface area contributed by atoms with Crippen LogP contribution < -0.4 is 10.1 Å². The third-order valence-corrected chi connectivity index (χ3v) is 2.29. The smallest absolute Gasteiger partial charge is 0.507 e. The van der Waals surface area contributed by atoms with Crippen LogP contribution >= 0.6 is 0 Å². The maximum Gasteiger partial charge on any atom is 0.573 e. The third kappa shape index (κ3) is 4.98. The second-order valence-electron chi connectivity index (χ2n) is 3.97. The highest BCUT2D eigenvalue weighted by atomic mass is 19.4. The van der Waals surface area contributed by atoms with Crippen LogP contribution in [0, 0.1) is 0 Å². The average molecular weight is 333 g/mol. The molecule has 0 aliphatic rings. The highest BCUT2D eigenvalue weighted by Crippen LogP contribution is 2.31. The predicted molar refractivity (Wildman–Crippen MR) is 59.2 cm³/mol. The number of phenols is 1. The molecular formula is C11H9F6NO4. The molecule has 1 aromatic rings. The minimum absolute atomic E-state index is 0.697. The molecule has 1 aromatic carbocycles. The largest absolute Gasteiger partial charge is 0.573 e. The predicted octanol–water partition coefficient (Wildman–Crippen LogP) is 1.94. The molecular weight excluding hydrogens is 324 g/mol. The summed E-state index contributed by atoms with van der Waals surface area (Å²) < 4.78 is 76.2. The number of phenolic OH excluding ortho intramolecular Hbond substituents is 1. The zero-order valence-electron chi connectivity index (χ0n) is 10.5. The molecule has 0 unspecified atom stereocenters. The summed E-state index contributed by atoms with van der Waals surface area (Å²) in [4.78, 5) is 11.6. The number of rotatable bonds is 4. The first-order valence-corrected chi connectivity index (χ1v) is 5.52. The number of hydrogen-bond acceptors (Lipinski definition) is 4. The number of alkyl halides is 6. The molecule has 0 heterocycles. The fraction of sp³-hybridized carbons (Fsp3) is 0.364. The van der Waals surface area contributed by atoms with Gasteiger partial charge in [-0.3, -0.25) is 4.79 Å². The Balaban J connectivity index is 2.93. The topological polar surface area (TPSA) is 78.8 Å². The lowest BCUT2D eigenvalue weighted by Gasteiger charge is -2.17. The molecule has 124 valence electrons. The third-order valence-electron chi connectivity index (χ3n) is 2.29. The Labute approximate surface area is 119 Å². The van der Waals surface area contributed by atoms with Crippen molar-refractivity contribution in [1.82, 2.24) is 5.32 Å². The van der Waals surface area contributed by atoms with Crippen molar-refractivity contribution in [3.8, 4) is 11.5 Å². The minimum Gasteiger partial charge on any atom is -0.507 e. The van der Waals surface area contributed by atoms with Gasteiger partial charge in [0, 0.05) is 0 Å². The van der Waals surface area contributed by atoms with Gasteiger partial charge in [-0.15, -0.1) is 13.2 Å². The molecule has 0 radical (unpaired) electrons. The van der Waals surface area contributed by atoms with Gasteiger partial charge in [-0.1, -0.05) is 6.07 Å². The van der Waals surface area contributed by atoms with Crippen LogP contribution in [-0.2, 0) is 0 Å². The molecule has 0 saturated heterocycles. The van der Waals surface area contributed by atoms with Gasteiger partial charge in [-0.25, -0.2) is 0 Å². The van der Waals surface area contributed by atoms with Gasteiger partial charge in [0.05, 0.1) is 6.54 Å². The number of carbonyl (C=O) groups excluding carboxylic acids is 1. The number of carbonyl (C=O) groups is 1. The molecule has 22 heavy (non-hydrogen) atoms. The van der Waals surface area contributed by atoms with Crippen LogP contribution in [0.5, 0.6) is 11.5 Å². The number of ether oxygens (including phenoxy) is 1. The van der Waals surface area contributed by atoms with Crippen molar-refractivity contribution in [2.45, 2.75) is 18.6 Å². The summed E-state index contributed by atoms with van der Waals surface area (Å²) in [5, 5.41) is 19.6. The van der Waals surface area contributed by atoms with E-state index in [-0.39, 0.29) is 0 Å². The van der Waals surface area contributed by atoms with Crippen molar-refractivity contribution in [3.63, 3.8) is 0 Å². The van der Waals surface area contributed by atoms with E-state index in [9.17, 15) is 36.2 Å². The molecule has 0 spiro atoms. The van der Waals surface area contributed by atoms with E-state index < -0.39 is 48.2 Å². The molecule has 11 heteroatoms. The molecule has 0 bridgehead atoms. The summed E-state index contributed by atoms with van der Waals surface area (Å²) in [5.74, 6) is -3.49. The fourth-order valence-electron chi connectivity index (χ4n) is 1.35. The van der Waals surface area contributed by atoms with Gasteiger partial charge in [0.15, 0.2) is 6.10 Å². The lowest BCUT2D eigenvalue weighted by atomic mass is 10.1.